The average molecular weight is 253 g/mol. The van der Waals surface area contributed by atoms with Crippen LogP contribution < -0.4 is 10.1 Å². The Labute approximate surface area is 104 Å². The molecule has 2 aromatic heterocycles. The Morgan fingerprint density at radius 2 is 2.35 bits per heavy atom. The lowest BCUT2D eigenvalue weighted by atomic mass is 10.4. The summed E-state index contributed by atoms with van der Waals surface area (Å²) in [7, 11) is 3.48. The molecule has 0 radical (unpaired) electrons. The van der Waals surface area contributed by atoms with Crippen LogP contribution in [0, 0.1) is 0 Å². The van der Waals surface area contributed by atoms with Crippen LogP contribution in [0.3, 0.4) is 0 Å². The molecule has 0 bridgehead atoms. The summed E-state index contributed by atoms with van der Waals surface area (Å²) in [4.78, 5) is 4.32. The number of hydrogen-bond donors (Lipinski definition) is 1. The maximum Gasteiger partial charge on any atom is 0.211 e. The Morgan fingerprint density at radius 3 is 2.94 bits per heavy atom. The number of aryl methyl sites for hydroxylation is 2. The van der Waals surface area contributed by atoms with E-state index in [4.69, 9.17) is 4.74 Å². The molecule has 0 fully saturated rings. The summed E-state index contributed by atoms with van der Waals surface area (Å²) < 4.78 is 11.1. The molecular formula is C10H15N5OS. The van der Waals surface area contributed by atoms with Crippen molar-refractivity contribution in [3.8, 4) is 5.88 Å². The van der Waals surface area contributed by atoms with Crippen LogP contribution in [0.5, 0.6) is 5.88 Å². The van der Waals surface area contributed by atoms with Gasteiger partial charge in [-0.3, -0.25) is 0 Å². The second-order valence-electron chi connectivity index (χ2n) is 3.52. The number of aromatic nitrogens is 4. The molecule has 1 N–H and O–H groups in total. The van der Waals surface area contributed by atoms with Gasteiger partial charge in [-0.05, 0) is 0 Å². The number of hydrogen-bond acceptors (Lipinski definition) is 6. The molecule has 2 rings (SSSR count). The van der Waals surface area contributed by atoms with E-state index in [9.17, 15) is 0 Å². The third-order valence-electron chi connectivity index (χ3n) is 2.30. The van der Waals surface area contributed by atoms with Crippen molar-refractivity contribution in [1.82, 2.24) is 19.1 Å². The molecule has 6 nitrogen and oxygen atoms in total. The highest BCUT2D eigenvalue weighted by Gasteiger charge is 2.06. The molecule has 2 heterocycles. The van der Waals surface area contributed by atoms with Gasteiger partial charge < -0.3 is 10.1 Å². The minimum atomic E-state index is 0.621. The van der Waals surface area contributed by atoms with Crippen LogP contribution in [0.2, 0.25) is 0 Å². The van der Waals surface area contributed by atoms with Gasteiger partial charge in [0.1, 0.15) is 5.82 Å². The fourth-order valence-electron chi connectivity index (χ4n) is 1.42. The van der Waals surface area contributed by atoms with E-state index in [1.807, 2.05) is 20.0 Å². The molecule has 0 spiro atoms. The van der Waals surface area contributed by atoms with Crippen molar-refractivity contribution in [2.75, 3.05) is 12.4 Å². The van der Waals surface area contributed by atoms with Crippen molar-refractivity contribution in [2.24, 2.45) is 7.05 Å². The maximum atomic E-state index is 5.15. The van der Waals surface area contributed by atoms with Crippen LogP contribution >= 0.6 is 11.5 Å². The number of anilines is 1. The third-order valence-corrected chi connectivity index (χ3v) is 3.01. The van der Waals surface area contributed by atoms with E-state index in [-0.39, 0.29) is 0 Å². The lowest BCUT2D eigenvalue weighted by Crippen LogP contribution is -2.01. The molecule has 0 aliphatic rings. The quantitative estimate of drug-likeness (QED) is 0.873. The zero-order valence-corrected chi connectivity index (χ0v) is 10.9. The maximum absolute atomic E-state index is 5.15. The average Bonchev–Trinajstić information content (AvgIpc) is 2.92. The summed E-state index contributed by atoms with van der Waals surface area (Å²) in [5.41, 5.74) is 0.914. The van der Waals surface area contributed by atoms with Crippen LogP contribution in [-0.2, 0) is 20.0 Å². The Morgan fingerprint density at radius 1 is 1.53 bits per heavy atom. The number of nitrogens with zero attached hydrogens (tertiary/aromatic N) is 4. The first-order chi connectivity index (χ1) is 8.22. The van der Waals surface area contributed by atoms with E-state index in [1.165, 1.54) is 11.5 Å². The van der Waals surface area contributed by atoms with Crippen LogP contribution in [0.1, 0.15) is 18.4 Å². The number of nitrogens with one attached hydrogen (secondary N) is 1. The van der Waals surface area contributed by atoms with E-state index < -0.39 is 0 Å². The molecule has 0 aliphatic carbocycles. The highest BCUT2D eigenvalue weighted by atomic mass is 32.1. The van der Waals surface area contributed by atoms with Gasteiger partial charge in [0.2, 0.25) is 11.0 Å². The van der Waals surface area contributed by atoms with Crippen LogP contribution in [-0.4, -0.2) is 26.2 Å². The summed E-state index contributed by atoms with van der Waals surface area (Å²) in [5, 5.41) is 8.33. The molecule has 7 heteroatoms. The molecule has 0 aliphatic heterocycles. The predicted molar refractivity (Wildman–Crippen MR) is 66.4 cm³/mol. The first-order valence-corrected chi connectivity index (χ1v) is 6.13. The smallest absolute Gasteiger partial charge is 0.211 e. The van der Waals surface area contributed by atoms with Crippen molar-refractivity contribution in [3.05, 3.63) is 17.6 Å². The molecule has 0 saturated heterocycles. The highest BCUT2D eigenvalue weighted by Crippen LogP contribution is 2.15. The van der Waals surface area contributed by atoms with Crippen LogP contribution in [0.15, 0.2) is 6.07 Å². The van der Waals surface area contributed by atoms with E-state index in [0.29, 0.717) is 6.54 Å². The minimum absolute atomic E-state index is 0.621. The van der Waals surface area contributed by atoms with Gasteiger partial charge >= 0.3 is 0 Å². The van der Waals surface area contributed by atoms with Crippen molar-refractivity contribution in [1.29, 1.82) is 0 Å². The second kappa shape index (κ2) is 5.13. The first kappa shape index (κ1) is 11.8. The SMILES string of the molecule is CCc1nsc(NCc2cc(OC)n(C)n2)n1. The molecule has 2 aromatic rings. The van der Waals surface area contributed by atoms with Crippen molar-refractivity contribution < 1.29 is 4.74 Å². The lowest BCUT2D eigenvalue weighted by Gasteiger charge is -1.96. The molecule has 0 unspecified atom stereocenters. The zero-order chi connectivity index (χ0) is 12.3. The van der Waals surface area contributed by atoms with Crippen molar-refractivity contribution in [2.45, 2.75) is 19.9 Å². The van der Waals surface area contributed by atoms with E-state index in [0.717, 1.165) is 29.0 Å². The second-order valence-corrected chi connectivity index (χ2v) is 4.28. The Hall–Kier alpha value is -1.63. The molecule has 0 amide bonds. The fourth-order valence-corrected chi connectivity index (χ4v) is 2.06. The van der Waals surface area contributed by atoms with Gasteiger partial charge in [0.25, 0.3) is 0 Å². The van der Waals surface area contributed by atoms with E-state index in [2.05, 4.69) is 19.8 Å². The monoisotopic (exact) mass is 253 g/mol. The summed E-state index contributed by atoms with van der Waals surface area (Å²) in [5.74, 6) is 1.62. The summed E-state index contributed by atoms with van der Waals surface area (Å²) >= 11 is 1.37. The molecule has 0 saturated carbocycles. The summed E-state index contributed by atoms with van der Waals surface area (Å²) in [6, 6.07) is 1.90. The highest BCUT2D eigenvalue weighted by molar-refractivity contribution is 7.09. The summed E-state index contributed by atoms with van der Waals surface area (Å²) in [6.45, 7) is 2.66. The Kier molecular flexibility index (Phi) is 3.58. The summed E-state index contributed by atoms with van der Waals surface area (Å²) in [6.07, 6.45) is 0.857. The van der Waals surface area contributed by atoms with Crippen molar-refractivity contribution >= 4 is 16.7 Å². The number of rotatable bonds is 5. The van der Waals surface area contributed by atoms with Gasteiger partial charge in [-0.2, -0.15) is 9.47 Å². The van der Waals surface area contributed by atoms with Gasteiger partial charge in [0.05, 0.1) is 19.3 Å². The topological polar surface area (TPSA) is 64.9 Å². The standard InChI is InChI=1S/C10H15N5OS/c1-4-8-12-10(17-14-8)11-6-7-5-9(16-3)15(2)13-7/h5H,4,6H2,1-3H3,(H,11,12,14). The van der Waals surface area contributed by atoms with Gasteiger partial charge in [0.15, 0.2) is 0 Å². The molecular weight excluding hydrogens is 238 g/mol. The number of methoxy groups -OCH3 is 1. The van der Waals surface area contributed by atoms with Crippen LogP contribution in [0.25, 0.3) is 0 Å². The predicted octanol–water partition coefficient (Wildman–Crippen LogP) is 1.45. The van der Waals surface area contributed by atoms with Gasteiger partial charge in [0, 0.05) is 31.1 Å². The minimum Gasteiger partial charge on any atom is -0.481 e. The number of ether oxygens (including phenoxy) is 1. The van der Waals surface area contributed by atoms with Gasteiger partial charge in [-0.1, -0.05) is 6.92 Å². The largest absolute Gasteiger partial charge is 0.481 e. The Balaban J connectivity index is 1.97. The normalized spacial score (nSPS) is 10.5. The van der Waals surface area contributed by atoms with Gasteiger partial charge in [-0.15, -0.1) is 0 Å². The zero-order valence-electron chi connectivity index (χ0n) is 10.1. The van der Waals surface area contributed by atoms with Crippen LogP contribution in [0.4, 0.5) is 5.13 Å². The molecule has 17 heavy (non-hydrogen) atoms. The first-order valence-electron chi connectivity index (χ1n) is 5.36. The van der Waals surface area contributed by atoms with Crippen molar-refractivity contribution in [3.63, 3.8) is 0 Å². The molecule has 92 valence electrons. The fraction of sp³-hybridized carbons (Fsp3) is 0.500. The van der Waals surface area contributed by atoms with E-state index in [1.54, 1.807) is 11.8 Å². The molecule has 0 aromatic carbocycles. The third kappa shape index (κ3) is 2.73. The Bertz CT molecular complexity index is 493. The molecule has 0 atom stereocenters. The van der Waals surface area contributed by atoms with E-state index >= 15 is 0 Å². The van der Waals surface area contributed by atoms with Gasteiger partial charge in [-0.25, -0.2) is 9.67 Å². The lowest BCUT2D eigenvalue weighted by molar-refractivity contribution is 0.373.